The summed E-state index contributed by atoms with van der Waals surface area (Å²) in [6, 6.07) is 8.65. The van der Waals surface area contributed by atoms with Gasteiger partial charge < -0.3 is 11.1 Å². The average molecular weight is 328 g/mol. The largest absolute Gasteiger partial charge is 0.366 e. The van der Waals surface area contributed by atoms with Crippen LogP contribution < -0.4 is 11.1 Å². The third kappa shape index (κ3) is 3.45. The first-order valence-corrected chi connectivity index (χ1v) is 8.71. The molecule has 0 saturated carbocycles. The van der Waals surface area contributed by atoms with E-state index < -0.39 is 5.91 Å². The van der Waals surface area contributed by atoms with Crippen molar-refractivity contribution in [3.63, 3.8) is 0 Å². The molecule has 1 unspecified atom stereocenters. The number of benzene rings is 1. The van der Waals surface area contributed by atoms with Crippen LogP contribution in [0.4, 0.5) is 5.69 Å². The van der Waals surface area contributed by atoms with Crippen LogP contribution in [0.15, 0.2) is 30.3 Å². The molecular formula is C18H20N2O2S. The topological polar surface area (TPSA) is 72.2 Å². The fourth-order valence-electron chi connectivity index (χ4n) is 2.97. The number of fused-ring (bicyclic) bond motifs is 1. The van der Waals surface area contributed by atoms with E-state index in [0.29, 0.717) is 11.3 Å². The van der Waals surface area contributed by atoms with Gasteiger partial charge in [0.05, 0.1) is 4.88 Å². The van der Waals surface area contributed by atoms with E-state index in [1.807, 2.05) is 6.07 Å². The Hall–Kier alpha value is -2.14. The Morgan fingerprint density at radius 2 is 2.04 bits per heavy atom. The monoisotopic (exact) mass is 328 g/mol. The molecule has 4 nitrogen and oxygen atoms in total. The Balaban J connectivity index is 1.71. The van der Waals surface area contributed by atoms with E-state index in [1.54, 1.807) is 35.6 Å². The predicted octanol–water partition coefficient (Wildman–Crippen LogP) is 3.61. The van der Waals surface area contributed by atoms with Crippen molar-refractivity contribution in [2.24, 2.45) is 11.7 Å². The first-order valence-electron chi connectivity index (χ1n) is 7.89. The van der Waals surface area contributed by atoms with Crippen molar-refractivity contribution >= 4 is 28.8 Å². The highest BCUT2D eigenvalue weighted by Gasteiger charge is 2.22. The van der Waals surface area contributed by atoms with E-state index in [9.17, 15) is 9.59 Å². The van der Waals surface area contributed by atoms with Gasteiger partial charge in [0.1, 0.15) is 0 Å². The lowest BCUT2D eigenvalue weighted by Gasteiger charge is -2.19. The molecule has 3 N–H and O–H groups in total. The number of primary amides is 1. The lowest BCUT2D eigenvalue weighted by atomic mass is 9.87. The molecule has 0 aliphatic heterocycles. The molecular weight excluding hydrogens is 308 g/mol. The van der Waals surface area contributed by atoms with Crippen molar-refractivity contribution < 1.29 is 9.59 Å². The van der Waals surface area contributed by atoms with Crippen molar-refractivity contribution in [1.82, 2.24) is 0 Å². The summed E-state index contributed by atoms with van der Waals surface area (Å²) in [5.74, 6) is 0.179. The zero-order valence-electron chi connectivity index (χ0n) is 13.1. The van der Waals surface area contributed by atoms with E-state index in [0.717, 1.165) is 23.6 Å². The van der Waals surface area contributed by atoms with Crippen LogP contribution in [-0.2, 0) is 12.8 Å². The summed E-state index contributed by atoms with van der Waals surface area (Å²) in [6.45, 7) is 2.23. The molecule has 1 aromatic heterocycles. The standard InChI is InChI=1S/C18H20N2O2S/c1-2-11-3-8-15-13(9-11)10-16(23-15)18(22)20-14-6-4-12(5-7-14)17(19)21/h4-7,10-11H,2-3,8-9H2,1H3,(H2,19,21)(H,20,22). The van der Waals surface area contributed by atoms with Crippen molar-refractivity contribution in [1.29, 1.82) is 0 Å². The molecule has 0 fully saturated rings. The number of hydrogen-bond acceptors (Lipinski definition) is 3. The minimum absolute atomic E-state index is 0.0933. The van der Waals surface area contributed by atoms with Crippen LogP contribution in [-0.4, -0.2) is 11.8 Å². The zero-order valence-corrected chi connectivity index (χ0v) is 13.9. The minimum atomic E-state index is -0.473. The summed E-state index contributed by atoms with van der Waals surface area (Å²) in [4.78, 5) is 25.6. The Morgan fingerprint density at radius 3 is 2.70 bits per heavy atom. The SMILES string of the molecule is CCC1CCc2sc(C(=O)Nc3ccc(C(N)=O)cc3)cc2C1. The van der Waals surface area contributed by atoms with Gasteiger partial charge in [-0.2, -0.15) is 0 Å². The fraction of sp³-hybridized carbons (Fsp3) is 0.333. The van der Waals surface area contributed by atoms with E-state index in [2.05, 4.69) is 12.2 Å². The molecule has 1 heterocycles. The number of carbonyl (C=O) groups is 2. The molecule has 1 aliphatic carbocycles. The van der Waals surface area contributed by atoms with Crippen molar-refractivity contribution in [3.05, 3.63) is 51.2 Å². The Labute approximate surface area is 139 Å². The lowest BCUT2D eigenvalue weighted by Crippen LogP contribution is -2.12. The molecule has 1 atom stereocenters. The summed E-state index contributed by atoms with van der Waals surface area (Å²) < 4.78 is 0. The van der Waals surface area contributed by atoms with E-state index >= 15 is 0 Å². The molecule has 0 radical (unpaired) electrons. The molecule has 0 spiro atoms. The molecule has 5 heteroatoms. The second kappa shape index (κ2) is 6.54. The first kappa shape index (κ1) is 15.7. The molecule has 0 saturated heterocycles. The van der Waals surface area contributed by atoms with Crippen molar-refractivity contribution in [2.45, 2.75) is 32.6 Å². The average Bonchev–Trinajstić information content (AvgIpc) is 2.98. The van der Waals surface area contributed by atoms with Crippen LogP contribution in [0.3, 0.4) is 0 Å². The Morgan fingerprint density at radius 1 is 1.30 bits per heavy atom. The van der Waals surface area contributed by atoms with Gasteiger partial charge in [-0.05, 0) is 61.1 Å². The lowest BCUT2D eigenvalue weighted by molar-refractivity contribution is 0.0998. The number of nitrogens with one attached hydrogen (secondary N) is 1. The second-order valence-electron chi connectivity index (χ2n) is 5.97. The summed E-state index contributed by atoms with van der Waals surface area (Å²) in [5, 5.41) is 2.88. The Kier molecular flexibility index (Phi) is 4.48. The number of aryl methyl sites for hydroxylation is 1. The van der Waals surface area contributed by atoms with Gasteiger partial charge >= 0.3 is 0 Å². The maximum Gasteiger partial charge on any atom is 0.265 e. The van der Waals surface area contributed by atoms with Crippen LogP contribution >= 0.6 is 11.3 Å². The number of anilines is 1. The smallest absolute Gasteiger partial charge is 0.265 e. The van der Waals surface area contributed by atoms with Gasteiger partial charge in [0.15, 0.2) is 0 Å². The third-order valence-electron chi connectivity index (χ3n) is 4.41. The molecule has 3 rings (SSSR count). The van der Waals surface area contributed by atoms with Gasteiger partial charge in [-0.1, -0.05) is 13.3 Å². The van der Waals surface area contributed by atoms with E-state index in [1.165, 1.54) is 23.3 Å². The summed E-state index contributed by atoms with van der Waals surface area (Å²) in [7, 11) is 0. The van der Waals surface area contributed by atoms with Gasteiger partial charge in [-0.25, -0.2) is 0 Å². The summed E-state index contributed by atoms with van der Waals surface area (Å²) in [6.07, 6.45) is 4.59. The zero-order chi connectivity index (χ0) is 16.4. The number of nitrogens with two attached hydrogens (primary N) is 1. The maximum atomic E-state index is 12.4. The van der Waals surface area contributed by atoms with Crippen LogP contribution in [0.2, 0.25) is 0 Å². The van der Waals surface area contributed by atoms with E-state index in [-0.39, 0.29) is 5.91 Å². The maximum absolute atomic E-state index is 12.4. The van der Waals surface area contributed by atoms with Crippen LogP contribution in [0, 0.1) is 5.92 Å². The molecule has 2 amide bonds. The van der Waals surface area contributed by atoms with Gasteiger partial charge in [-0.15, -0.1) is 11.3 Å². The summed E-state index contributed by atoms with van der Waals surface area (Å²) >= 11 is 1.60. The fourth-order valence-corrected chi connectivity index (χ4v) is 4.07. The normalized spacial score (nSPS) is 16.7. The number of rotatable bonds is 4. The second-order valence-corrected chi connectivity index (χ2v) is 7.11. The number of thiophene rings is 1. The number of carbonyl (C=O) groups excluding carboxylic acids is 2. The van der Waals surface area contributed by atoms with Crippen molar-refractivity contribution in [3.8, 4) is 0 Å². The summed E-state index contributed by atoms with van der Waals surface area (Å²) in [5.41, 5.74) is 7.64. The quantitative estimate of drug-likeness (QED) is 0.900. The Bertz CT molecular complexity index is 734. The van der Waals surface area contributed by atoms with Crippen LogP contribution in [0.1, 0.15) is 50.2 Å². The van der Waals surface area contributed by atoms with Gasteiger partial charge in [-0.3, -0.25) is 9.59 Å². The first-order chi connectivity index (χ1) is 11.1. The predicted molar refractivity (Wildman–Crippen MR) is 93.0 cm³/mol. The van der Waals surface area contributed by atoms with Crippen LogP contribution in [0.5, 0.6) is 0 Å². The van der Waals surface area contributed by atoms with Crippen molar-refractivity contribution in [2.75, 3.05) is 5.32 Å². The highest BCUT2D eigenvalue weighted by molar-refractivity contribution is 7.14. The molecule has 0 bridgehead atoms. The van der Waals surface area contributed by atoms with Gasteiger partial charge in [0.2, 0.25) is 5.91 Å². The van der Waals surface area contributed by atoms with E-state index in [4.69, 9.17) is 5.73 Å². The number of amides is 2. The van der Waals surface area contributed by atoms with Gasteiger partial charge in [0, 0.05) is 16.1 Å². The highest BCUT2D eigenvalue weighted by Crippen LogP contribution is 2.33. The van der Waals surface area contributed by atoms with Crippen LogP contribution in [0.25, 0.3) is 0 Å². The third-order valence-corrected chi connectivity index (χ3v) is 5.65. The molecule has 120 valence electrons. The van der Waals surface area contributed by atoms with Gasteiger partial charge in [0.25, 0.3) is 5.91 Å². The molecule has 2 aromatic rings. The molecule has 1 aliphatic rings. The molecule has 23 heavy (non-hydrogen) atoms. The minimum Gasteiger partial charge on any atom is -0.366 e. The molecule has 1 aromatic carbocycles. The number of hydrogen-bond donors (Lipinski definition) is 2. The highest BCUT2D eigenvalue weighted by atomic mass is 32.1.